The van der Waals surface area contributed by atoms with E-state index in [0.717, 1.165) is 24.0 Å². The van der Waals surface area contributed by atoms with Crippen LogP contribution in [-0.2, 0) is 5.41 Å². The van der Waals surface area contributed by atoms with Crippen LogP contribution in [0.3, 0.4) is 0 Å². The van der Waals surface area contributed by atoms with Crippen molar-refractivity contribution in [1.29, 1.82) is 5.26 Å². The Morgan fingerprint density at radius 1 is 1.32 bits per heavy atom. The van der Waals surface area contributed by atoms with E-state index in [2.05, 4.69) is 28.2 Å². The highest BCUT2D eigenvalue weighted by molar-refractivity contribution is 5.40. The van der Waals surface area contributed by atoms with Crippen LogP contribution in [0.5, 0.6) is 0 Å². The molecule has 3 heteroatoms. The molecule has 3 rings (SSSR count). The molecule has 3 heterocycles. The highest BCUT2D eigenvalue weighted by atomic mass is 15.0. The van der Waals surface area contributed by atoms with Gasteiger partial charge in [-0.05, 0) is 44.2 Å². The number of pyridine rings is 1. The van der Waals surface area contributed by atoms with Crippen molar-refractivity contribution in [2.75, 3.05) is 0 Å². The topological polar surface area (TPSA) is 48.7 Å². The Kier molecular flexibility index (Phi) is 3.01. The summed E-state index contributed by atoms with van der Waals surface area (Å²) in [5.41, 5.74) is 1.56. The molecule has 2 saturated heterocycles. The Morgan fingerprint density at radius 2 is 2.05 bits per heavy atom. The summed E-state index contributed by atoms with van der Waals surface area (Å²) in [6.07, 6.45) is 7.77. The largest absolute Gasteiger partial charge is 0.311 e. The van der Waals surface area contributed by atoms with Crippen molar-refractivity contribution in [2.45, 2.75) is 50.1 Å². The molecule has 0 saturated carbocycles. The van der Waals surface area contributed by atoms with E-state index in [-0.39, 0.29) is 5.41 Å². The van der Waals surface area contributed by atoms with Gasteiger partial charge in [-0.2, -0.15) is 5.26 Å². The molecule has 0 radical (unpaired) electrons. The summed E-state index contributed by atoms with van der Waals surface area (Å²) >= 11 is 0. The smallest absolute Gasteiger partial charge is 0.0867 e. The summed E-state index contributed by atoms with van der Waals surface area (Å²) in [5, 5.41) is 13.3. The lowest BCUT2D eigenvalue weighted by Crippen LogP contribution is -2.46. The Morgan fingerprint density at radius 3 is 2.68 bits per heavy atom. The van der Waals surface area contributed by atoms with Gasteiger partial charge in [0, 0.05) is 30.0 Å². The second kappa shape index (κ2) is 4.68. The molecule has 19 heavy (non-hydrogen) atoms. The number of aromatic nitrogens is 1. The number of nitriles is 1. The lowest BCUT2D eigenvalue weighted by Gasteiger charge is -2.36. The highest BCUT2D eigenvalue weighted by Crippen LogP contribution is 2.42. The van der Waals surface area contributed by atoms with E-state index in [1.54, 1.807) is 6.20 Å². The zero-order valence-electron chi connectivity index (χ0n) is 11.1. The molecule has 3 nitrogen and oxygen atoms in total. The molecule has 1 N–H and O–H groups in total. The van der Waals surface area contributed by atoms with Crippen LogP contribution in [0.25, 0.3) is 0 Å². The molecule has 0 amide bonds. The number of piperidine rings is 1. The van der Waals surface area contributed by atoms with Crippen molar-refractivity contribution in [3.8, 4) is 17.9 Å². The molecule has 2 fully saturated rings. The summed E-state index contributed by atoms with van der Waals surface area (Å²) in [7, 11) is 0. The highest BCUT2D eigenvalue weighted by Gasteiger charge is 2.45. The van der Waals surface area contributed by atoms with Crippen LogP contribution in [0.2, 0.25) is 0 Å². The molecule has 0 spiro atoms. The van der Waals surface area contributed by atoms with Crippen LogP contribution < -0.4 is 5.32 Å². The fourth-order valence-electron chi connectivity index (χ4n) is 3.45. The lowest BCUT2D eigenvalue weighted by atomic mass is 9.72. The third-order valence-electron chi connectivity index (χ3n) is 4.30. The van der Waals surface area contributed by atoms with Crippen molar-refractivity contribution >= 4 is 0 Å². The van der Waals surface area contributed by atoms with Crippen molar-refractivity contribution in [1.82, 2.24) is 10.3 Å². The van der Waals surface area contributed by atoms with Crippen molar-refractivity contribution < 1.29 is 0 Å². The Bertz CT molecular complexity index is 576. The quantitative estimate of drug-likeness (QED) is 0.778. The number of hydrogen-bond donors (Lipinski definition) is 1. The van der Waals surface area contributed by atoms with Gasteiger partial charge in [0.25, 0.3) is 0 Å². The van der Waals surface area contributed by atoms with Gasteiger partial charge < -0.3 is 5.32 Å². The van der Waals surface area contributed by atoms with Gasteiger partial charge in [0.05, 0.1) is 11.5 Å². The summed E-state index contributed by atoms with van der Waals surface area (Å²) in [5.74, 6) is 5.92. The van der Waals surface area contributed by atoms with E-state index in [9.17, 15) is 5.26 Å². The average Bonchev–Trinajstić information content (AvgIpc) is 2.79. The first-order valence-electron chi connectivity index (χ1n) is 6.81. The Balaban J connectivity index is 2.00. The SMILES string of the molecule is CC#Cc1cncc([C@]2(C#N)C[C@H]3CC[C@@H](C2)N3)c1. The lowest BCUT2D eigenvalue weighted by molar-refractivity contribution is 0.304. The second-order valence-corrected chi connectivity index (χ2v) is 5.58. The van der Waals surface area contributed by atoms with Gasteiger partial charge >= 0.3 is 0 Å². The first-order chi connectivity index (χ1) is 9.25. The van der Waals surface area contributed by atoms with Gasteiger partial charge in [-0.1, -0.05) is 5.92 Å². The Labute approximate surface area is 114 Å². The van der Waals surface area contributed by atoms with Gasteiger partial charge in [-0.3, -0.25) is 4.98 Å². The standard InChI is InChI=1S/C16H17N3/c1-2-3-12-6-13(10-18-9-12)16(11-17)7-14-4-5-15(8-16)19-14/h6,9-10,14-15,19H,4-5,7-8H2,1H3/t14-,15+,16-. The maximum absolute atomic E-state index is 9.74. The Hall–Kier alpha value is -1.84. The van der Waals surface area contributed by atoms with Crippen molar-refractivity contribution in [3.05, 3.63) is 29.6 Å². The molecule has 2 aliphatic heterocycles. The van der Waals surface area contributed by atoms with E-state index in [1.807, 2.05) is 19.2 Å². The fourth-order valence-corrected chi connectivity index (χ4v) is 3.45. The summed E-state index contributed by atoms with van der Waals surface area (Å²) < 4.78 is 0. The molecule has 0 aromatic carbocycles. The minimum absolute atomic E-state index is 0.379. The van der Waals surface area contributed by atoms with Crippen LogP contribution >= 0.6 is 0 Å². The maximum Gasteiger partial charge on any atom is 0.0867 e. The van der Waals surface area contributed by atoms with Crippen molar-refractivity contribution in [2.24, 2.45) is 0 Å². The van der Waals surface area contributed by atoms with E-state index in [0.29, 0.717) is 12.1 Å². The molecule has 96 valence electrons. The molecule has 0 aliphatic carbocycles. The number of rotatable bonds is 1. The van der Waals surface area contributed by atoms with Crippen molar-refractivity contribution in [3.63, 3.8) is 0 Å². The predicted molar refractivity (Wildman–Crippen MR) is 73.3 cm³/mol. The zero-order valence-corrected chi connectivity index (χ0v) is 11.1. The number of hydrogen-bond acceptors (Lipinski definition) is 3. The first kappa shape index (κ1) is 12.2. The van der Waals surface area contributed by atoms with E-state index < -0.39 is 0 Å². The predicted octanol–water partition coefficient (Wildman–Crippen LogP) is 2.13. The van der Waals surface area contributed by atoms with E-state index in [1.165, 1.54) is 12.8 Å². The average molecular weight is 251 g/mol. The zero-order chi connectivity index (χ0) is 13.3. The number of fused-ring (bicyclic) bond motifs is 2. The van der Waals surface area contributed by atoms with Crippen LogP contribution in [0, 0.1) is 23.2 Å². The maximum atomic E-state index is 9.74. The monoisotopic (exact) mass is 251 g/mol. The molecule has 1 aromatic rings. The normalized spacial score (nSPS) is 32.2. The third-order valence-corrected chi connectivity index (χ3v) is 4.30. The number of nitrogens with zero attached hydrogens (tertiary/aromatic N) is 2. The second-order valence-electron chi connectivity index (χ2n) is 5.58. The molecule has 0 unspecified atom stereocenters. The van der Waals surface area contributed by atoms with E-state index in [4.69, 9.17) is 0 Å². The molecule has 2 bridgehead atoms. The molecular formula is C16H17N3. The first-order valence-corrected chi connectivity index (χ1v) is 6.81. The van der Waals surface area contributed by atoms with Crippen LogP contribution in [0.4, 0.5) is 0 Å². The van der Waals surface area contributed by atoms with Gasteiger partial charge in [0.1, 0.15) is 0 Å². The van der Waals surface area contributed by atoms with Gasteiger partial charge in [0.15, 0.2) is 0 Å². The molecule has 3 atom stereocenters. The van der Waals surface area contributed by atoms with Gasteiger partial charge in [-0.25, -0.2) is 0 Å². The third kappa shape index (κ3) is 2.11. The molecule has 2 aliphatic rings. The van der Waals surface area contributed by atoms with Gasteiger partial charge in [-0.15, -0.1) is 5.92 Å². The summed E-state index contributed by atoms with van der Waals surface area (Å²) in [4.78, 5) is 4.27. The summed E-state index contributed by atoms with van der Waals surface area (Å²) in [6, 6.07) is 5.59. The van der Waals surface area contributed by atoms with Crippen LogP contribution in [0.15, 0.2) is 18.5 Å². The molecular weight excluding hydrogens is 234 g/mol. The molecule has 1 aromatic heterocycles. The van der Waals surface area contributed by atoms with Crippen LogP contribution in [0.1, 0.15) is 43.7 Å². The van der Waals surface area contributed by atoms with Crippen LogP contribution in [-0.4, -0.2) is 17.1 Å². The van der Waals surface area contributed by atoms with Gasteiger partial charge in [0.2, 0.25) is 0 Å². The number of nitrogens with one attached hydrogen (secondary N) is 1. The summed E-state index contributed by atoms with van der Waals surface area (Å²) in [6.45, 7) is 1.82. The minimum atomic E-state index is -0.379. The fraction of sp³-hybridized carbons (Fsp3) is 0.500. The van der Waals surface area contributed by atoms with E-state index >= 15 is 0 Å². The minimum Gasteiger partial charge on any atom is -0.311 e.